The molecule has 0 saturated heterocycles. The molecule has 0 bridgehead atoms. The third kappa shape index (κ3) is 5.47. The van der Waals surface area contributed by atoms with Crippen molar-refractivity contribution < 1.29 is 0 Å². The van der Waals surface area contributed by atoms with Gasteiger partial charge in [0, 0.05) is 42.4 Å². The molecule has 19 heavy (non-hydrogen) atoms. The summed E-state index contributed by atoms with van der Waals surface area (Å²) in [7, 11) is 6.18. The molecular weight excluding hydrogens is 304 g/mol. The number of hydrogen-bond donors (Lipinski definition) is 1. The maximum Gasteiger partial charge on any atom is 0.133 e. The summed E-state index contributed by atoms with van der Waals surface area (Å²) in [5.41, 5.74) is 1.24. The molecule has 0 spiro atoms. The van der Waals surface area contributed by atoms with Gasteiger partial charge in [0.05, 0.1) is 0 Å². The highest BCUT2D eigenvalue weighted by molar-refractivity contribution is 9.10. The van der Waals surface area contributed by atoms with Gasteiger partial charge in [0.25, 0.3) is 0 Å². The predicted molar refractivity (Wildman–Crippen MR) is 85.8 cm³/mol. The van der Waals surface area contributed by atoms with Gasteiger partial charge in [-0.3, -0.25) is 0 Å². The summed E-state index contributed by atoms with van der Waals surface area (Å²) >= 11 is 3.50. The van der Waals surface area contributed by atoms with Gasteiger partial charge < -0.3 is 15.1 Å². The van der Waals surface area contributed by atoms with Gasteiger partial charge in [-0.25, -0.2) is 4.98 Å². The SMILES string of the molecule is CCCN(CCN(C)C)c1ncc(Br)cc1CNC. The minimum Gasteiger partial charge on any atom is -0.355 e. The summed E-state index contributed by atoms with van der Waals surface area (Å²) in [5, 5.41) is 3.22. The minimum atomic E-state index is 0.837. The lowest BCUT2D eigenvalue weighted by molar-refractivity contribution is 0.412. The van der Waals surface area contributed by atoms with E-state index in [1.165, 1.54) is 5.56 Å². The number of hydrogen-bond acceptors (Lipinski definition) is 4. The number of halogens is 1. The second kappa shape index (κ2) is 8.51. The molecule has 0 fully saturated rings. The molecular formula is C14H25BrN4. The Morgan fingerprint density at radius 1 is 1.26 bits per heavy atom. The van der Waals surface area contributed by atoms with Crippen molar-refractivity contribution in [1.29, 1.82) is 0 Å². The van der Waals surface area contributed by atoms with Crippen LogP contribution in [0.25, 0.3) is 0 Å². The quantitative estimate of drug-likeness (QED) is 0.793. The lowest BCUT2D eigenvalue weighted by Gasteiger charge is -2.27. The van der Waals surface area contributed by atoms with Gasteiger partial charge in [0.2, 0.25) is 0 Å². The zero-order valence-electron chi connectivity index (χ0n) is 12.4. The van der Waals surface area contributed by atoms with E-state index in [0.29, 0.717) is 0 Å². The van der Waals surface area contributed by atoms with Gasteiger partial charge in [-0.15, -0.1) is 0 Å². The van der Waals surface area contributed by atoms with Gasteiger partial charge >= 0.3 is 0 Å². The zero-order chi connectivity index (χ0) is 14.3. The highest BCUT2D eigenvalue weighted by Gasteiger charge is 2.12. The van der Waals surface area contributed by atoms with Crippen LogP contribution in [0.15, 0.2) is 16.7 Å². The van der Waals surface area contributed by atoms with E-state index in [4.69, 9.17) is 0 Å². The summed E-state index contributed by atoms with van der Waals surface area (Å²) in [5.74, 6) is 1.10. The van der Waals surface area contributed by atoms with Crippen molar-refractivity contribution in [2.75, 3.05) is 45.7 Å². The molecule has 0 unspecified atom stereocenters. The van der Waals surface area contributed by atoms with E-state index in [1.54, 1.807) is 0 Å². The molecule has 0 aliphatic carbocycles. The molecule has 1 aromatic heterocycles. The highest BCUT2D eigenvalue weighted by Crippen LogP contribution is 2.21. The van der Waals surface area contributed by atoms with Crippen molar-refractivity contribution in [2.24, 2.45) is 0 Å². The Morgan fingerprint density at radius 2 is 2.00 bits per heavy atom. The molecule has 0 atom stereocenters. The van der Waals surface area contributed by atoms with E-state index in [9.17, 15) is 0 Å². The molecule has 0 saturated carbocycles. The van der Waals surface area contributed by atoms with Crippen molar-refractivity contribution in [3.63, 3.8) is 0 Å². The summed E-state index contributed by atoms with van der Waals surface area (Å²) in [6.45, 7) is 6.13. The zero-order valence-corrected chi connectivity index (χ0v) is 14.0. The normalized spacial score (nSPS) is 11.1. The average molecular weight is 329 g/mol. The van der Waals surface area contributed by atoms with Crippen LogP contribution in [-0.2, 0) is 6.54 Å². The Bertz CT molecular complexity index is 382. The van der Waals surface area contributed by atoms with Crippen LogP contribution in [-0.4, -0.2) is 50.7 Å². The molecule has 1 rings (SSSR count). The number of nitrogens with one attached hydrogen (secondary N) is 1. The molecule has 1 heterocycles. The fourth-order valence-electron chi connectivity index (χ4n) is 1.99. The third-order valence-electron chi connectivity index (χ3n) is 2.89. The van der Waals surface area contributed by atoms with E-state index >= 15 is 0 Å². The first-order valence-electron chi connectivity index (χ1n) is 6.77. The molecule has 1 N–H and O–H groups in total. The first-order chi connectivity index (χ1) is 9.08. The second-order valence-electron chi connectivity index (χ2n) is 4.96. The lowest BCUT2D eigenvalue weighted by Crippen LogP contribution is -2.34. The van der Waals surface area contributed by atoms with E-state index in [2.05, 4.69) is 63.1 Å². The Balaban J connectivity index is 2.92. The number of aromatic nitrogens is 1. The molecule has 0 aliphatic rings. The van der Waals surface area contributed by atoms with Crippen molar-refractivity contribution in [3.05, 3.63) is 22.3 Å². The number of rotatable bonds is 8. The van der Waals surface area contributed by atoms with E-state index in [1.807, 2.05) is 13.2 Å². The summed E-state index contributed by atoms with van der Waals surface area (Å²) in [6, 6.07) is 2.15. The van der Waals surface area contributed by atoms with Gasteiger partial charge in [-0.1, -0.05) is 6.92 Å². The van der Waals surface area contributed by atoms with Crippen molar-refractivity contribution in [2.45, 2.75) is 19.9 Å². The monoisotopic (exact) mass is 328 g/mol. The first-order valence-corrected chi connectivity index (χ1v) is 7.56. The Kier molecular flexibility index (Phi) is 7.34. The molecule has 0 aromatic carbocycles. The van der Waals surface area contributed by atoms with Gasteiger partial charge in [-0.05, 0) is 49.6 Å². The third-order valence-corrected chi connectivity index (χ3v) is 3.32. The summed E-state index contributed by atoms with van der Waals surface area (Å²) in [4.78, 5) is 9.20. The summed E-state index contributed by atoms with van der Waals surface area (Å²) in [6.07, 6.45) is 3.01. The summed E-state index contributed by atoms with van der Waals surface area (Å²) < 4.78 is 1.03. The second-order valence-corrected chi connectivity index (χ2v) is 5.87. The molecule has 0 amide bonds. The van der Waals surface area contributed by atoms with Gasteiger partial charge in [-0.2, -0.15) is 0 Å². The van der Waals surface area contributed by atoms with Crippen LogP contribution in [0.4, 0.5) is 5.82 Å². The molecule has 4 nitrogen and oxygen atoms in total. The maximum absolute atomic E-state index is 4.61. The van der Waals surface area contributed by atoms with Crippen LogP contribution in [0.2, 0.25) is 0 Å². The van der Waals surface area contributed by atoms with Gasteiger partial charge in [0.15, 0.2) is 0 Å². The van der Waals surface area contributed by atoms with Crippen LogP contribution in [0.1, 0.15) is 18.9 Å². The van der Waals surface area contributed by atoms with E-state index in [-0.39, 0.29) is 0 Å². The van der Waals surface area contributed by atoms with Crippen LogP contribution >= 0.6 is 15.9 Å². The van der Waals surface area contributed by atoms with Crippen LogP contribution in [0, 0.1) is 0 Å². The van der Waals surface area contributed by atoms with Crippen LogP contribution < -0.4 is 10.2 Å². The minimum absolute atomic E-state index is 0.837. The molecule has 5 heteroatoms. The smallest absolute Gasteiger partial charge is 0.133 e. The molecule has 108 valence electrons. The molecule has 0 radical (unpaired) electrons. The number of nitrogens with zero attached hydrogens (tertiary/aromatic N) is 3. The predicted octanol–water partition coefficient (Wildman–Crippen LogP) is 2.34. The van der Waals surface area contributed by atoms with Crippen LogP contribution in [0.5, 0.6) is 0 Å². The number of pyridine rings is 1. The molecule has 0 aliphatic heterocycles. The number of anilines is 1. The maximum atomic E-state index is 4.61. The number of likely N-dealkylation sites (N-methyl/N-ethyl adjacent to an activating group) is 1. The van der Waals surface area contributed by atoms with E-state index < -0.39 is 0 Å². The van der Waals surface area contributed by atoms with E-state index in [0.717, 1.165) is 42.9 Å². The standard InChI is InChI=1S/C14H25BrN4/c1-5-6-19(8-7-18(3)4)14-12(10-16-2)9-13(15)11-17-14/h9,11,16H,5-8,10H2,1-4H3. The average Bonchev–Trinajstić information content (AvgIpc) is 2.35. The van der Waals surface area contributed by atoms with Crippen molar-refractivity contribution >= 4 is 21.7 Å². The van der Waals surface area contributed by atoms with Crippen molar-refractivity contribution in [3.8, 4) is 0 Å². The topological polar surface area (TPSA) is 31.4 Å². The Labute approximate surface area is 125 Å². The fourth-order valence-corrected chi connectivity index (χ4v) is 2.37. The first kappa shape index (κ1) is 16.4. The lowest BCUT2D eigenvalue weighted by atomic mass is 10.2. The highest BCUT2D eigenvalue weighted by atomic mass is 79.9. The van der Waals surface area contributed by atoms with Crippen molar-refractivity contribution in [1.82, 2.24) is 15.2 Å². The largest absolute Gasteiger partial charge is 0.355 e. The molecule has 1 aromatic rings. The van der Waals surface area contributed by atoms with Gasteiger partial charge in [0.1, 0.15) is 5.82 Å². The van der Waals surface area contributed by atoms with Crippen LogP contribution in [0.3, 0.4) is 0 Å². The fraction of sp³-hybridized carbons (Fsp3) is 0.643. The Hall–Kier alpha value is -0.650. The Morgan fingerprint density at radius 3 is 2.58 bits per heavy atom.